The van der Waals surface area contributed by atoms with Crippen molar-refractivity contribution in [2.45, 2.75) is 6.92 Å². The molecule has 0 aliphatic carbocycles. The van der Waals surface area contributed by atoms with E-state index in [4.69, 9.17) is 5.73 Å². The summed E-state index contributed by atoms with van der Waals surface area (Å²) in [4.78, 5) is 18.8. The Hall–Kier alpha value is -2.62. The van der Waals surface area contributed by atoms with Gasteiger partial charge in [0.05, 0.1) is 11.1 Å². The average molecular weight is 251 g/mol. The van der Waals surface area contributed by atoms with E-state index in [0.29, 0.717) is 5.56 Å². The zero-order valence-corrected chi connectivity index (χ0v) is 10.5. The smallest absolute Gasteiger partial charge is 0.250 e. The molecule has 1 aromatic carbocycles. The van der Waals surface area contributed by atoms with E-state index in [-0.39, 0.29) is 0 Å². The molecule has 19 heavy (non-hydrogen) atoms. The predicted molar refractivity (Wildman–Crippen MR) is 74.8 cm³/mol. The van der Waals surface area contributed by atoms with Gasteiger partial charge in [0.2, 0.25) is 0 Å². The monoisotopic (exact) mass is 251 g/mol. The molecule has 2 aromatic heterocycles. The minimum Gasteiger partial charge on any atom is -0.366 e. The third-order valence-electron chi connectivity index (χ3n) is 3.33. The van der Waals surface area contributed by atoms with Crippen molar-refractivity contribution in [1.29, 1.82) is 0 Å². The van der Waals surface area contributed by atoms with Crippen LogP contribution >= 0.6 is 0 Å². The molecule has 3 N–H and O–H groups in total. The molecular formula is C15H13N3O. The predicted octanol–water partition coefficient (Wildman–Crippen LogP) is 2.64. The highest BCUT2D eigenvalue weighted by molar-refractivity contribution is 6.07. The lowest BCUT2D eigenvalue weighted by Gasteiger charge is -1.98. The highest BCUT2D eigenvalue weighted by Crippen LogP contribution is 2.30. The van der Waals surface area contributed by atoms with Gasteiger partial charge >= 0.3 is 0 Å². The van der Waals surface area contributed by atoms with E-state index in [1.807, 2.05) is 31.2 Å². The van der Waals surface area contributed by atoms with Crippen molar-refractivity contribution >= 4 is 16.8 Å². The van der Waals surface area contributed by atoms with E-state index < -0.39 is 5.91 Å². The number of H-pyrrole nitrogens is 1. The van der Waals surface area contributed by atoms with Gasteiger partial charge in [-0.1, -0.05) is 12.1 Å². The molecule has 1 amide bonds. The van der Waals surface area contributed by atoms with Gasteiger partial charge in [-0.3, -0.25) is 9.78 Å². The summed E-state index contributed by atoms with van der Waals surface area (Å²) in [6.45, 7) is 2.03. The molecule has 4 heteroatoms. The van der Waals surface area contributed by atoms with Gasteiger partial charge in [0, 0.05) is 29.0 Å². The van der Waals surface area contributed by atoms with Gasteiger partial charge in [0.1, 0.15) is 0 Å². The van der Waals surface area contributed by atoms with Crippen LogP contribution in [0.1, 0.15) is 15.9 Å². The summed E-state index contributed by atoms with van der Waals surface area (Å²) in [5.41, 5.74) is 9.85. The van der Waals surface area contributed by atoms with Gasteiger partial charge < -0.3 is 10.7 Å². The molecule has 0 aliphatic heterocycles. The molecule has 0 saturated heterocycles. The molecule has 3 aromatic rings. The molecular weight excluding hydrogens is 238 g/mol. The Labute approximate surface area is 110 Å². The SMILES string of the molecule is Cc1c(-c2ccncc2)[nH]c2c(C(N)=O)cccc12. The molecule has 0 saturated carbocycles. The second kappa shape index (κ2) is 4.24. The van der Waals surface area contributed by atoms with Crippen molar-refractivity contribution in [3.8, 4) is 11.3 Å². The quantitative estimate of drug-likeness (QED) is 0.735. The molecule has 94 valence electrons. The summed E-state index contributed by atoms with van der Waals surface area (Å²) >= 11 is 0. The zero-order valence-electron chi connectivity index (χ0n) is 10.5. The van der Waals surface area contributed by atoms with Crippen LogP contribution in [0.4, 0.5) is 0 Å². The highest BCUT2D eigenvalue weighted by atomic mass is 16.1. The average Bonchev–Trinajstić information content (AvgIpc) is 2.77. The molecule has 0 spiro atoms. The first kappa shape index (κ1) is 11.5. The molecule has 0 bridgehead atoms. The van der Waals surface area contributed by atoms with Crippen molar-refractivity contribution < 1.29 is 4.79 Å². The molecule has 0 aliphatic rings. The van der Waals surface area contributed by atoms with Crippen LogP contribution in [0, 0.1) is 6.92 Å². The van der Waals surface area contributed by atoms with Crippen molar-refractivity contribution in [1.82, 2.24) is 9.97 Å². The first-order valence-electron chi connectivity index (χ1n) is 6.00. The zero-order chi connectivity index (χ0) is 13.4. The summed E-state index contributed by atoms with van der Waals surface area (Å²) < 4.78 is 0. The number of hydrogen-bond acceptors (Lipinski definition) is 2. The summed E-state index contributed by atoms with van der Waals surface area (Å²) in [6, 6.07) is 9.43. The molecule has 0 fully saturated rings. The van der Waals surface area contributed by atoms with E-state index in [1.54, 1.807) is 18.5 Å². The summed E-state index contributed by atoms with van der Waals surface area (Å²) in [7, 11) is 0. The number of carbonyl (C=O) groups excluding carboxylic acids is 1. The van der Waals surface area contributed by atoms with Crippen LogP contribution in [-0.2, 0) is 0 Å². The van der Waals surface area contributed by atoms with Gasteiger partial charge in [-0.05, 0) is 30.7 Å². The summed E-state index contributed by atoms with van der Waals surface area (Å²) in [5, 5.41) is 1.02. The number of aryl methyl sites for hydroxylation is 1. The topological polar surface area (TPSA) is 71.8 Å². The number of hydrogen-bond donors (Lipinski definition) is 2. The standard InChI is InChI=1S/C15H13N3O/c1-9-11-3-2-4-12(15(16)19)14(11)18-13(9)10-5-7-17-8-6-10/h2-8,18H,1H3,(H2,16,19). The van der Waals surface area contributed by atoms with Gasteiger partial charge in [-0.2, -0.15) is 0 Å². The summed E-state index contributed by atoms with van der Waals surface area (Å²) in [5.74, 6) is -0.423. The van der Waals surface area contributed by atoms with Crippen LogP contribution in [0.5, 0.6) is 0 Å². The lowest BCUT2D eigenvalue weighted by atomic mass is 10.1. The minimum atomic E-state index is -0.423. The molecule has 2 heterocycles. The number of rotatable bonds is 2. The number of primary amides is 1. The van der Waals surface area contributed by atoms with Crippen molar-refractivity contribution in [2.75, 3.05) is 0 Å². The van der Waals surface area contributed by atoms with E-state index >= 15 is 0 Å². The summed E-state index contributed by atoms with van der Waals surface area (Å²) in [6.07, 6.45) is 3.49. The fraction of sp³-hybridized carbons (Fsp3) is 0.0667. The van der Waals surface area contributed by atoms with Gasteiger partial charge in [-0.25, -0.2) is 0 Å². The number of nitrogens with one attached hydrogen (secondary N) is 1. The van der Waals surface area contributed by atoms with Gasteiger partial charge in [0.25, 0.3) is 5.91 Å². The van der Waals surface area contributed by atoms with E-state index in [0.717, 1.165) is 27.7 Å². The van der Waals surface area contributed by atoms with Crippen LogP contribution in [0.25, 0.3) is 22.2 Å². The third kappa shape index (κ3) is 1.78. The maximum absolute atomic E-state index is 11.5. The van der Waals surface area contributed by atoms with Crippen LogP contribution < -0.4 is 5.73 Å². The number of para-hydroxylation sites is 1. The second-order valence-electron chi connectivity index (χ2n) is 4.45. The molecule has 3 rings (SSSR count). The normalized spacial score (nSPS) is 10.8. The number of aromatic amines is 1. The Morgan fingerprint density at radius 3 is 2.63 bits per heavy atom. The molecule has 0 radical (unpaired) electrons. The molecule has 0 atom stereocenters. The van der Waals surface area contributed by atoms with Crippen LogP contribution in [0.3, 0.4) is 0 Å². The second-order valence-corrected chi connectivity index (χ2v) is 4.45. The Kier molecular flexibility index (Phi) is 2.56. The Morgan fingerprint density at radius 2 is 1.95 bits per heavy atom. The number of aromatic nitrogens is 2. The van der Waals surface area contributed by atoms with Crippen molar-refractivity contribution in [3.63, 3.8) is 0 Å². The van der Waals surface area contributed by atoms with E-state index in [9.17, 15) is 4.79 Å². The van der Waals surface area contributed by atoms with Gasteiger partial charge in [-0.15, -0.1) is 0 Å². The van der Waals surface area contributed by atoms with Crippen molar-refractivity contribution in [2.24, 2.45) is 5.73 Å². The lowest BCUT2D eigenvalue weighted by Crippen LogP contribution is -2.11. The number of nitrogens with two attached hydrogens (primary N) is 1. The number of benzene rings is 1. The van der Waals surface area contributed by atoms with E-state index in [1.165, 1.54) is 0 Å². The minimum absolute atomic E-state index is 0.423. The number of nitrogens with zero attached hydrogens (tertiary/aromatic N) is 1. The Bertz CT molecular complexity index is 760. The van der Waals surface area contributed by atoms with Crippen LogP contribution in [0.2, 0.25) is 0 Å². The number of carbonyl (C=O) groups is 1. The first-order chi connectivity index (χ1) is 9.18. The number of fused-ring (bicyclic) bond motifs is 1. The van der Waals surface area contributed by atoms with Crippen molar-refractivity contribution in [3.05, 3.63) is 53.9 Å². The number of pyridine rings is 1. The lowest BCUT2D eigenvalue weighted by molar-refractivity contribution is 0.100. The Morgan fingerprint density at radius 1 is 1.21 bits per heavy atom. The van der Waals surface area contributed by atoms with Crippen LogP contribution in [0.15, 0.2) is 42.7 Å². The highest BCUT2D eigenvalue weighted by Gasteiger charge is 2.14. The molecule has 0 unspecified atom stereocenters. The Balaban J connectivity index is 2.32. The fourth-order valence-electron chi connectivity index (χ4n) is 2.37. The fourth-order valence-corrected chi connectivity index (χ4v) is 2.37. The third-order valence-corrected chi connectivity index (χ3v) is 3.33. The molecule has 4 nitrogen and oxygen atoms in total. The van der Waals surface area contributed by atoms with E-state index in [2.05, 4.69) is 9.97 Å². The first-order valence-corrected chi connectivity index (χ1v) is 6.00. The number of amides is 1. The van der Waals surface area contributed by atoms with Gasteiger partial charge in [0.15, 0.2) is 0 Å². The largest absolute Gasteiger partial charge is 0.366 e. The maximum Gasteiger partial charge on any atom is 0.250 e. The maximum atomic E-state index is 11.5. The van der Waals surface area contributed by atoms with Crippen LogP contribution in [-0.4, -0.2) is 15.9 Å².